The van der Waals surface area contributed by atoms with Gasteiger partial charge in [-0.15, -0.1) is 11.6 Å². The van der Waals surface area contributed by atoms with Crippen LogP contribution in [-0.2, 0) is 5.75 Å². The quantitative estimate of drug-likeness (QED) is 0.175. The van der Waals surface area contributed by atoms with E-state index in [-0.39, 0.29) is 0 Å². The van der Waals surface area contributed by atoms with E-state index in [1.807, 2.05) is 11.8 Å². The molecule has 0 aliphatic carbocycles. The molecule has 0 nitrogen and oxygen atoms in total. The van der Waals surface area contributed by atoms with Gasteiger partial charge in [-0.25, -0.2) is 0 Å². The first kappa shape index (κ1) is 14.9. The summed E-state index contributed by atoms with van der Waals surface area (Å²) in [5, 5.41) is 8.02. The maximum atomic E-state index is 5.86. The molecule has 0 amide bonds. The second kappa shape index (κ2) is 6.43. The fraction of sp³-hybridized carbons (Fsp3) is 0.143. The molecule has 23 heavy (non-hydrogen) atoms. The molecule has 4 aromatic carbocycles. The fourth-order valence-electron chi connectivity index (χ4n) is 3.30. The maximum Gasteiger partial charge on any atom is 0.0314 e. The highest BCUT2D eigenvalue weighted by molar-refractivity contribution is 7.98. The third kappa shape index (κ3) is 2.69. The van der Waals surface area contributed by atoms with E-state index in [1.54, 1.807) is 0 Å². The van der Waals surface area contributed by atoms with Gasteiger partial charge < -0.3 is 0 Å². The number of hydrogen-bond acceptors (Lipinski definition) is 1. The third-order valence-electron chi connectivity index (χ3n) is 4.35. The molecule has 0 saturated carbocycles. The molecule has 0 N–H and O–H groups in total. The predicted octanol–water partition coefficient (Wildman–Crippen LogP) is 6.62. The van der Waals surface area contributed by atoms with Gasteiger partial charge in [0.1, 0.15) is 0 Å². The average molecular weight is 337 g/mol. The highest BCUT2D eigenvalue weighted by Gasteiger charge is 2.09. The summed E-state index contributed by atoms with van der Waals surface area (Å²) in [5.41, 5.74) is 1.43. The highest BCUT2D eigenvalue weighted by atomic mass is 35.5. The van der Waals surface area contributed by atoms with E-state index < -0.39 is 0 Å². The van der Waals surface area contributed by atoms with Crippen molar-refractivity contribution in [1.82, 2.24) is 0 Å². The van der Waals surface area contributed by atoms with Crippen molar-refractivity contribution in [1.29, 1.82) is 0 Å². The number of rotatable bonds is 4. The number of alkyl halides is 1. The molecule has 0 saturated heterocycles. The molecule has 0 fully saturated rings. The number of halogens is 1. The minimum atomic E-state index is 0.705. The maximum absolute atomic E-state index is 5.86. The summed E-state index contributed by atoms with van der Waals surface area (Å²) < 4.78 is 0. The Balaban J connectivity index is 2.06. The van der Waals surface area contributed by atoms with E-state index in [4.69, 9.17) is 11.6 Å². The van der Waals surface area contributed by atoms with Crippen LogP contribution in [0.5, 0.6) is 0 Å². The largest absolute Gasteiger partial charge is 0.156 e. The van der Waals surface area contributed by atoms with Crippen molar-refractivity contribution >= 4 is 55.7 Å². The van der Waals surface area contributed by atoms with Crippen LogP contribution in [0.3, 0.4) is 0 Å². The van der Waals surface area contributed by atoms with Gasteiger partial charge in [0, 0.05) is 17.4 Å². The van der Waals surface area contributed by atoms with Gasteiger partial charge >= 0.3 is 0 Å². The Morgan fingerprint density at radius 3 is 2.26 bits per heavy atom. The Bertz CT molecular complexity index is 991. The summed E-state index contributed by atoms with van der Waals surface area (Å²) in [6.07, 6.45) is 0. The third-order valence-corrected chi connectivity index (χ3v) is 5.75. The Morgan fingerprint density at radius 2 is 1.43 bits per heavy atom. The van der Waals surface area contributed by atoms with E-state index >= 15 is 0 Å². The van der Waals surface area contributed by atoms with Crippen molar-refractivity contribution in [3.63, 3.8) is 0 Å². The zero-order valence-electron chi connectivity index (χ0n) is 12.8. The van der Waals surface area contributed by atoms with Crippen LogP contribution < -0.4 is 0 Å². The first-order valence-electron chi connectivity index (χ1n) is 7.84. The first-order valence-corrected chi connectivity index (χ1v) is 9.53. The van der Waals surface area contributed by atoms with Gasteiger partial charge in [-0.05, 0) is 43.9 Å². The summed E-state index contributed by atoms with van der Waals surface area (Å²) in [7, 11) is 0. The molecule has 0 atom stereocenters. The van der Waals surface area contributed by atoms with Gasteiger partial charge in [0.05, 0.1) is 0 Å². The molecule has 114 valence electrons. The van der Waals surface area contributed by atoms with Crippen LogP contribution in [0.15, 0.2) is 66.7 Å². The molecule has 0 unspecified atom stereocenters. The molecule has 0 aliphatic heterocycles. The summed E-state index contributed by atoms with van der Waals surface area (Å²) >= 11 is 7.77. The minimum absolute atomic E-state index is 0.705. The van der Waals surface area contributed by atoms with Gasteiger partial charge in [-0.1, -0.05) is 60.7 Å². The van der Waals surface area contributed by atoms with Crippen LogP contribution in [0.1, 0.15) is 5.56 Å². The van der Waals surface area contributed by atoms with Crippen molar-refractivity contribution in [3.8, 4) is 0 Å². The smallest absolute Gasteiger partial charge is 0.0314 e. The summed E-state index contributed by atoms with van der Waals surface area (Å²) in [4.78, 5) is 0. The lowest BCUT2D eigenvalue weighted by Crippen LogP contribution is -1.90. The number of fused-ring (bicyclic) bond motifs is 4. The van der Waals surface area contributed by atoms with Crippen molar-refractivity contribution in [2.45, 2.75) is 5.75 Å². The molecular formula is C21H17ClS. The summed E-state index contributed by atoms with van der Waals surface area (Å²) in [5.74, 6) is 2.69. The lowest BCUT2D eigenvalue weighted by molar-refractivity contribution is 1.46. The second-order valence-corrected chi connectivity index (χ2v) is 7.18. The van der Waals surface area contributed by atoms with Crippen LogP contribution in [-0.4, -0.2) is 11.6 Å². The molecule has 0 aromatic heterocycles. The lowest BCUT2D eigenvalue weighted by atomic mass is 9.94. The first-order chi connectivity index (χ1) is 11.4. The average Bonchev–Trinajstić information content (AvgIpc) is 2.61. The van der Waals surface area contributed by atoms with E-state index in [1.165, 1.54) is 37.9 Å². The van der Waals surface area contributed by atoms with E-state index in [9.17, 15) is 0 Å². The second-order valence-electron chi connectivity index (χ2n) is 5.70. The Morgan fingerprint density at radius 1 is 0.696 bits per heavy atom. The molecule has 4 rings (SSSR count). The van der Waals surface area contributed by atoms with Crippen LogP contribution >= 0.6 is 23.4 Å². The van der Waals surface area contributed by atoms with Gasteiger partial charge in [0.15, 0.2) is 0 Å². The molecule has 0 radical (unpaired) electrons. The molecule has 0 aliphatic rings. The number of hydrogen-bond donors (Lipinski definition) is 0. The topological polar surface area (TPSA) is 0 Å². The zero-order valence-corrected chi connectivity index (χ0v) is 14.3. The van der Waals surface area contributed by atoms with Crippen molar-refractivity contribution in [2.24, 2.45) is 0 Å². The number of benzene rings is 4. The Kier molecular flexibility index (Phi) is 4.15. The Hall–Kier alpha value is -1.70. The molecular weight excluding hydrogens is 320 g/mol. The van der Waals surface area contributed by atoms with Crippen LogP contribution in [0.2, 0.25) is 0 Å². The van der Waals surface area contributed by atoms with Crippen LogP contribution in [0, 0.1) is 0 Å². The van der Waals surface area contributed by atoms with Gasteiger partial charge in [0.2, 0.25) is 0 Å². The summed E-state index contributed by atoms with van der Waals surface area (Å²) in [6, 6.07) is 24.2. The van der Waals surface area contributed by atoms with Gasteiger partial charge in [-0.3, -0.25) is 0 Å². The monoisotopic (exact) mass is 336 g/mol. The zero-order chi connectivity index (χ0) is 15.6. The summed E-state index contributed by atoms with van der Waals surface area (Å²) in [6.45, 7) is 0. The van der Waals surface area contributed by atoms with Crippen molar-refractivity contribution in [2.75, 3.05) is 11.6 Å². The fourth-order valence-corrected chi connectivity index (χ4v) is 4.39. The molecule has 0 heterocycles. The molecule has 4 aromatic rings. The number of thioether (sulfide) groups is 1. The van der Waals surface area contributed by atoms with Gasteiger partial charge in [-0.2, -0.15) is 11.8 Å². The Labute approximate surface area is 145 Å². The SMILES string of the molecule is ClCCSCc1c2ccccc2cc2c1ccc1ccccc12. The molecule has 0 spiro atoms. The van der Waals surface area contributed by atoms with Crippen LogP contribution in [0.25, 0.3) is 32.3 Å². The molecule has 2 heteroatoms. The molecule has 0 bridgehead atoms. The standard InChI is InChI=1S/C21H17ClS/c22-11-12-23-14-21-18-8-4-2-6-16(18)13-20-17-7-3-1-5-15(17)9-10-19(20)21/h1-10,13H,11-12,14H2. The van der Waals surface area contributed by atoms with Crippen LogP contribution in [0.4, 0.5) is 0 Å². The van der Waals surface area contributed by atoms with Crippen molar-refractivity contribution in [3.05, 3.63) is 72.3 Å². The lowest BCUT2D eigenvalue weighted by Gasteiger charge is -2.13. The van der Waals surface area contributed by atoms with E-state index in [0.29, 0.717) is 5.88 Å². The highest BCUT2D eigenvalue weighted by Crippen LogP contribution is 2.35. The normalized spacial score (nSPS) is 11.5. The van der Waals surface area contributed by atoms with E-state index in [2.05, 4.69) is 66.7 Å². The van der Waals surface area contributed by atoms with Gasteiger partial charge in [0.25, 0.3) is 0 Å². The van der Waals surface area contributed by atoms with E-state index in [0.717, 1.165) is 11.5 Å². The minimum Gasteiger partial charge on any atom is -0.156 e. The van der Waals surface area contributed by atoms with Crippen molar-refractivity contribution < 1.29 is 0 Å². The predicted molar refractivity (Wildman–Crippen MR) is 106 cm³/mol.